The first kappa shape index (κ1) is 30.9. The first-order valence-electron chi connectivity index (χ1n) is 13.9. The van der Waals surface area contributed by atoms with Crippen molar-refractivity contribution in [1.82, 2.24) is 9.55 Å². The minimum atomic E-state index is -4.82. The van der Waals surface area contributed by atoms with Gasteiger partial charge in [-0.2, -0.15) is 5.10 Å². The Bertz CT molecular complexity index is 1940. The Morgan fingerprint density at radius 2 is 1.84 bits per heavy atom. The number of hydrogen-bond acceptors (Lipinski definition) is 8. The van der Waals surface area contributed by atoms with Gasteiger partial charge in [0, 0.05) is 22.7 Å². The van der Waals surface area contributed by atoms with Crippen LogP contribution >= 0.6 is 11.8 Å². The van der Waals surface area contributed by atoms with E-state index in [1.54, 1.807) is 24.0 Å². The molecule has 3 aromatic carbocycles. The molecule has 1 atom stereocenters. The molecule has 6 rings (SSSR count). The molecule has 0 bridgehead atoms. The van der Waals surface area contributed by atoms with Gasteiger partial charge in [-0.05, 0) is 60.4 Å². The van der Waals surface area contributed by atoms with Gasteiger partial charge in [-0.1, -0.05) is 55.9 Å². The van der Waals surface area contributed by atoms with E-state index >= 15 is 0 Å². The lowest BCUT2D eigenvalue weighted by Gasteiger charge is -2.32. The fourth-order valence-corrected chi connectivity index (χ4v) is 8.06. The second-order valence-corrected chi connectivity index (χ2v) is 14.0. The Morgan fingerprint density at radius 1 is 1.11 bits per heavy atom. The second-order valence-electron chi connectivity index (χ2n) is 11.1. The normalized spacial score (nSPS) is 20.2. The largest absolute Gasteiger partial charge is 0.573 e. The van der Waals surface area contributed by atoms with Gasteiger partial charge in [-0.25, -0.2) is 13.4 Å². The first-order chi connectivity index (χ1) is 21.2. The number of benzene rings is 3. The third kappa shape index (κ3) is 6.09. The summed E-state index contributed by atoms with van der Waals surface area (Å²) in [7, 11) is -3.80. The number of aliphatic hydroxyl groups is 1. The molecule has 4 aromatic rings. The monoisotopic (exact) mass is 655 g/mol. The number of nitrogens with zero attached hydrogens (tertiary/aromatic N) is 5. The number of rotatable bonds is 6. The molecule has 1 saturated heterocycles. The predicted octanol–water partition coefficient (Wildman–Crippen LogP) is 6.50. The number of fused-ring (bicyclic) bond motifs is 3. The highest BCUT2D eigenvalue weighted by Crippen LogP contribution is 2.40. The molecule has 1 aromatic heterocycles. The van der Waals surface area contributed by atoms with Crippen molar-refractivity contribution in [2.24, 2.45) is 10.2 Å². The zero-order valence-corrected chi connectivity index (χ0v) is 26.0. The molecule has 1 unspecified atom stereocenters. The standard InChI is InChI=1S/C31H28F3N5O4S2/c1-19(2)23-6-4-5-7-25(23)39-29(44-17-30(39,3)40)37-36-15-20-8-13-24-27(14-20)45(41,42)16-26-28(24)35-18-38(26)21-9-11-22(12-10-21)43-31(32,33)34/h4-15,18-19,40H,16-17H2,1-3H3/b36-15+,37-29-. The highest BCUT2D eigenvalue weighted by Gasteiger charge is 2.41. The van der Waals surface area contributed by atoms with Gasteiger partial charge in [0.1, 0.15) is 12.1 Å². The van der Waals surface area contributed by atoms with Crippen molar-refractivity contribution in [2.75, 3.05) is 10.7 Å². The number of alkyl halides is 3. The quantitative estimate of drug-likeness (QED) is 0.187. The van der Waals surface area contributed by atoms with Crippen LogP contribution in [-0.4, -0.2) is 52.3 Å². The van der Waals surface area contributed by atoms with E-state index in [0.29, 0.717) is 39.1 Å². The molecule has 2 aliphatic rings. The average Bonchev–Trinajstić information content (AvgIpc) is 3.52. The van der Waals surface area contributed by atoms with Crippen molar-refractivity contribution < 1.29 is 31.4 Å². The lowest BCUT2D eigenvalue weighted by Crippen LogP contribution is -2.45. The summed E-state index contributed by atoms with van der Waals surface area (Å²) in [5.41, 5.74) is 2.94. The van der Waals surface area contributed by atoms with Crippen LogP contribution in [0.25, 0.3) is 16.9 Å². The molecule has 0 radical (unpaired) electrons. The Hall–Kier alpha value is -4.14. The van der Waals surface area contributed by atoms with Crippen LogP contribution < -0.4 is 9.64 Å². The lowest BCUT2D eigenvalue weighted by molar-refractivity contribution is -0.274. The second kappa shape index (κ2) is 11.3. The Kier molecular flexibility index (Phi) is 7.78. The number of imidazole rings is 1. The van der Waals surface area contributed by atoms with Gasteiger partial charge in [0.05, 0.1) is 28.3 Å². The number of para-hydroxylation sites is 1. The summed E-state index contributed by atoms with van der Waals surface area (Å²) >= 11 is 1.37. The van der Waals surface area contributed by atoms with E-state index in [1.807, 2.05) is 24.3 Å². The van der Waals surface area contributed by atoms with E-state index in [2.05, 4.69) is 33.8 Å². The van der Waals surface area contributed by atoms with Crippen LogP contribution in [-0.2, 0) is 15.6 Å². The van der Waals surface area contributed by atoms with Gasteiger partial charge in [0.25, 0.3) is 0 Å². The van der Waals surface area contributed by atoms with Crippen molar-refractivity contribution in [3.63, 3.8) is 0 Å². The summed E-state index contributed by atoms with van der Waals surface area (Å²) < 4.78 is 70.0. The number of hydrogen-bond donors (Lipinski definition) is 1. The van der Waals surface area contributed by atoms with E-state index in [-0.39, 0.29) is 22.3 Å². The van der Waals surface area contributed by atoms with E-state index < -0.39 is 21.9 Å². The molecule has 9 nitrogen and oxygen atoms in total. The maximum atomic E-state index is 13.4. The summed E-state index contributed by atoms with van der Waals surface area (Å²) in [6.07, 6.45) is -1.92. The maximum absolute atomic E-state index is 13.4. The molecular formula is C31H28F3N5O4S2. The topological polar surface area (TPSA) is 109 Å². The third-order valence-corrected chi connectivity index (χ3v) is 10.3. The summed E-state index contributed by atoms with van der Waals surface area (Å²) in [6, 6.07) is 17.8. The van der Waals surface area contributed by atoms with Gasteiger partial charge in [-0.3, -0.25) is 4.90 Å². The van der Waals surface area contributed by atoms with Crippen LogP contribution in [0.1, 0.15) is 43.5 Å². The van der Waals surface area contributed by atoms with E-state index in [1.165, 1.54) is 47.1 Å². The summed E-state index contributed by atoms with van der Waals surface area (Å²) in [4.78, 5) is 6.30. The third-order valence-electron chi connectivity index (χ3n) is 7.43. The molecule has 1 N–H and O–H groups in total. The molecule has 0 amide bonds. The molecule has 0 aliphatic carbocycles. The van der Waals surface area contributed by atoms with Crippen LogP contribution in [0, 0.1) is 0 Å². The van der Waals surface area contributed by atoms with Crippen LogP contribution in [0.15, 0.2) is 88.2 Å². The summed E-state index contributed by atoms with van der Waals surface area (Å²) in [6.45, 7) is 5.89. The van der Waals surface area contributed by atoms with E-state index in [4.69, 9.17) is 0 Å². The van der Waals surface area contributed by atoms with Crippen molar-refractivity contribution in [2.45, 2.75) is 49.4 Å². The van der Waals surface area contributed by atoms with Crippen molar-refractivity contribution in [3.05, 3.63) is 89.9 Å². The molecule has 0 spiro atoms. The highest BCUT2D eigenvalue weighted by molar-refractivity contribution is 8.14. The highest BCUT2D eigenvalue weighted by atomic mass is 32.2. The molecule has 1 fully saturated rings. The smallest absolute Gasteiger partial charge is 0.406 e. The number of aromatic nitrogens is 2. The van der Waals surface area contributed by atoms with Gasteiger partial charge in [0.15, 0.2) is 20.7 Å². The minimum Gasteiger partial charge on any atom is -0.406 e. The number of sulfone groups is 1. The molecule has 234 valence electrons. The average molecular weight is 656 g/mol. The Labute approximate surface area is 262 Å². The maximum Gasteiger partial charge on any atom is 0.573 e. The van der Waals surface area contributed by atoms with Crippen LogP contribution in [0.2, 0.25) is 0 Å². The first-order valence-corrected chi connectivity index (χ1v) is 16.5. The zero-order valence-electron chi connectivity index (χ0n) is 24.4. The fraction of sp³-hybridized carbons (Fsp3) is 0.258. The van der Waals surface area contributed by atoms with Crippen LogP contribution in [0.5, 0.6) is 5.75 Å². The van der Waals surface area contributed by atoms with E-state index in [0.717, 1.165) is 23.4 Å². The number of halogens is 3. The molecule has 3 heterocycles. The lowest BCUT2D eigenvalue weighted by atomic mass is 9.99. The van der Waals surface area contributed by atoms with Gasteiger partial charge in [0.2, 0.25) is 0 Å². The van der Waals surface area contributed by atoms with Crippen LogP contribution in [0.4, 0.5) is 18.9 Å². The molecule has 0 saturated carbocycles. The molecule has 14 heteroatoms. The van der Waals surface area contributed by atoms with Crippen molar-refractivity contribution in [3.8, 4) is 22.7 Å². The van der Waals surface area contributed by atoms with Gasteiger partial charge in [-0.15, -0.1) is 18.3 Å². The Balaban J connectivity index is 1.29. The van der Waals surface area contributed by atoms with Crippen molar-refractivity contribution in [1.29, 1.82) is 0 Å². The van der Waals surface area contributed by atoms with Gasteiger partial charge >= 0.3 is 6.36 Å². The summed E-state index contributed by atoms with van der Waals surface area (Å²) in [5, 5.41) is 20.3. The van der Waals surface area contributed by atoms with E-state index in [9.17, 15) is 26.7 Å². The number of anilines is 1. The van der Waals surface area contributed by atoms with Gasteiger partial charge < -0.3 is 14.4 Å². The number of amidine groups is 1. The number of thioether (sulfide) groups is 1. The zero-order chi connectivity index (χ0) is 32.1. The minimum absolute atomic E-state index is 0.0939. The molecule has 45 heavy (non-hydrogen) atoms. The van der Waals surface area contributed by atoms with Crippen molar-refractivity contribution >= 4 is 38.7 Å². The predicted molar refractivity (Wildman–Crippen MR) is 168 cm³/mol. The fourth-order valence-electron chi connectivity index (χ4n) is 5.39. The van der Waals surface area contributed by atoms with Crippen LogP contribution in [0.3, 0.4) is 0 Å². The molecular weight excluding hydrogens is 628 g/mol. The summed E-state index contributed by atoms with van der Waals surface area (Å²) in [5.74, 6) is -0.127. The molecule has 2 aliphatic heterocycles. The number of ether oxygens (including phenoxy) is 1. The Morgan fingerprint density at radius 3 is 2.56 bits per heavy atom. The SMILES string of the molecule is CC(C)c1ccccc1N1/C(=N/N=C/c2ccc3c(c2)S(=O)(=O)Cc2c-3ncn2-c2ccc(OC(F)(F)F)cc2)SCC1(C)O.